The van der Waals surface area contributed by atoms with E-state index in [-0.39, 0.29) is 5.91 Å². The Morgan fingerprint density at radius 2 is 1.69 bits per heavy atom. The molecule has 9 heteroatoms. The normalized spacial score (nSPS) is 17.2. The van der Waals surface area contributed by atoms with Gasteiger partial charge < -0.3 is 19.3 Å². The Bertz CT molecular complexity index is 1170. The molecule has 2 aliphatic rings. The molecular weight excluding hydrogens is 462 g/mol. The number of piperazine rings is 2. The van der Waals surface area contributed by atoms with Crippen LogP contribution in [0, 0.1) is 6.92 Å². The van der Waals surface area contributed by atoms with E-state index in [1.807, 2.05) is 34.7 Å². The predicted molar refractivity (Wildman–Crippen MR) is 139 cm³/mol. The summed E-state index contributed by atoms with van der Waals surface area (Å²) < 4.78 is 2.05. The van der Waals surface area contributed by atoms with Gasteiger partial charge in [0.05, 0.1) is 16.9 Å². The summed E-state index contributed by atoms with van der Waals surface area (Å²) in [4.78, 5) is 30.9. The molecule has 35 heavy (non-hydrogen) atoms. The lowest BCUT2D eigenvalue weighted by Crippen LogP contribution is -2.49. The Labute approximate surface area is 211 Å². The quantitative estimate of drug-likeness (QED) is 0.544. The molecule has 2 aromatic heterocycles. The number of amides is 1. The van der Waals surface area contributed by atoms with Crippen LogP contribution < -0.4 is 9.80 Å². The monoisotopic (exact) mass is 493 g/mol. The van der Waals surface area contributed by atoms with Gasteiger partial charge in [-0.3, -0.25) is 14.7 Å². The average Bonchev–Trinajstić information content (AvgIpc) is 3.18. The van der Waals surface area contributed by atoms with Crippen molar-refractivity contribution in [2.45, 2.75) is 13.5 Å². The van der Waals surface area contributed by atoms with Crippen LogP contribution in [0.3, 0.4) is 0 Å². The summed E-state index contributed by atoms with van der Waals surface area (Å²) in [5.41, 5.74) is 4.25. The second-order valence-electron chi connectivity index (χ2n) is 9.26. The first-order valence-electron chi connectivity index (χ1n) is 12.2. The summed E-state index contributed by atoms with van der Waals surface area (Å²) in [5, 5.41) is 0.806. The molecule has 8 nitrogen and oxygen atoms in total. The van der Waals surface area contributed by atoms with Crippen molar-refractivity contribution in [3.63, 3.8) is 0 Å². The zero-order valence-electron chi connectivity index (χ0n) is 20.4. The first-order valence-corrected chi connectivity index (χ1v) is 12.6. The molecule has 1 amide bonds. The van der Waals surface area contributed by atoms with Gasteiger partial charge in [0.2, 0.25) is 0 Å². The molecule has 0 unspecified atom stereocenters. The second kappa shape index (κ2) is 10.3. The third kappa shape index (κ3) is 4.99. The van der Waals surface area contributed by atoms with Crippen LogP contribution in [-0.2, 0) is 13.6 Å². The molecule has 5 rings (SSSR count). The second-order valence-corrected chi connectivity index (χ2v) is 9.66. The molecule has 0 radical (unpaired) electrons. The molecule has 0 spiro atoms. The molecule has 0 aliphatic carbocycles. The summed E-state index contributed by atoms with van der Waals surface area (Å²) >= 11 is 6.40. The highest BCUT2D eigenvalue weighted by atomic mass is 35.5. The van der Waals surface area contributed by atoms with Gasteiger partial charge in [-0.15, -0.1) is 0 Å². The largest absolute Gasteiger partial charge is 0.368 e. The van der Waals surface area contributed by atoms with E-state index in [0.717, 1.165) is 73.7 Å². The molecule has 3 aromatic rings. The number of carbonyl (C=O) groups excluding carboxylic acids is 1. The van der Waals surface area contributed by atoms with Crippen LogP contribution in [0.15, 0.2) is 48.9 Å². The average molecular weight is 494 g/mol. The van der Waals surface area contributed by atoms with Crippen molar-refractivity contribution in [1.82, 2.24) is 24.3 Å². The van der Waals surface area contributed by atoms with Crippen molar-refractivity contribution in [2.75, 3.05) is 62.2 Å². The fraction of sp³-hybridized carbons (Fsp3) is 0.423. The van der Waals surface area contributed by atoms with Crippen molar-refractivity contribution in [2.24, 2.45) is 7.05 Å². The molecule has 2 aliphatic heterocycles. The number of para-hydroxylation sites is 1. The number of benzene rings is 1. The predicted octanol–water partition coefficient (Wildman–Crippen LogP) is 3.06. The van der Waals surface area contributed by atoms with Crippen molar-refractivity contribution in [3.8, 4) is 0 Å². The van der Waals surface area contributed by atoms with Gasteiger partial charge in [-0.1, -0.05) is 23.7 Å². The number of nitrogens with zero attached hydrogens (tertiary/aromatic N) is 7. The van der Waals surface area contributed by atoms with Crippen LogP contribution in [0.2, 0.25) is 5.02 Å². The van der Waals surface area contributed by atoms with Gasteiger partial charge in [-0.2, -0.15) is 0 Å². The molecule has 0 N–H and O–H groups in total. The maximum Gasteiger partial charge on any atom is 0.270 e. The van der Waals surface area contributed by atoms with Crippen LogP contribution in [-0.4, -0.2) is 82.6 Å². The van der Waals surface area contributed by atoms with Crippen molar-refractivity contribution < 1.29 is 4.79 Å². The molecule has 2 saturated heterocycles. The summed E-state index contributed by atoms with van der Waals surface area (Å²) in [6.45, 7) is 9.65. The Balaban J connectivity index is 1.19. The molecule has 0 atom stereocenters. The van der Waals surface area contributed by atoms with E-state index in [1.54, 1.807) is 18.6 Å². The van der Waals surface area contributed by atoms with E-state index in [4.69, 9.17) is 11.6 Å². The van der Waals surface area contributed by atoms with Crippen molar-refractivity contribution in [3.05, 3.63) is 70.9 Å². The van der Waals surface area contributed by atoms with Gasteiger partial charge in [0.15, 0.2) is 0 Å². The highest BCUT2D eigenvalue weighted by Crippen LogP contribution is 2.27. The molecule has 4 heterocycles. The smallest absolute Gasteiger partial charge is 0.270 e. The number of halogens is 1. The molecule has 1 aromatic carbocycles. The van der Waals surface area contributed by atoms with Crippen LogP contribution in [0.1, 0.15) is 21.7 Å². The van der Waals surface area contributed by atoms with Gasteiger partial charge >= 0.3 is 0 Å². The Morgan fingerprint density at radius 3 is 2.37 bits per heavy atom. The highest BCUT2D eigenvalue weighted by Gasteiger charge is 2.27. The molecule has 184 valence electrons. The summed E-state index contributed by atoms with van der Waals surface area (Å²) in [5.74, 6) is 0.968. The fourth-order valence-electron chi connectivity index (χ4n) is 4.98. The Hall–Kier alpha value is -3.10. The van der Waals surface area contributed by atoms with Gasteiger partial charge in [-0.25, -0.2) is 4.98 Å². The van der Waals surface area contributed by atoms with Gasteiger partial charge in [0.1, 0.15) is 11.5 Å². The zero-order valence-corrected chi connectivity index (χ0v) is 21.2. The van der Waals surface area contributed by atoms with Crippen molar-refractivity contribution >= 4 is 29.0 Å². The van der Waals surface area contributed by atoms with E-state index < -0.39 is 0 Å². The van der Waals surface area contributed by atoms with Crippen LogP contribution in [0.4, 0.5) is 11.5 Å². The number of carbonyl (C=O) groups is 1. The number of aromatic nitrogens is 3. The minimum atomic E-state index is 0.101. The number of hydrogen-bond acceptors (Lipinski definition) is 6. The van der Waals surface area contributed by atoms with E-state index in [0.29, 0.717) is 13.1 Å². The van der Waals surface area contributed by atoms with E-state index in [1.165, 1.54) is 5.56 Å². The zero-order chi connectivity index (χ0) is 24.4. The number of hydrogen-bond donors (Lipinski definition) is 0. The number of rotatable bonds is 5. The maximum atomic E-state index is 13.4. The number of anilines is 2. The standard InChI is InChI=1S/C26H32ClN7O/c1-20-21(19-31-9-11-32(12-10-31)23-6-4-3-5-22(23)27)17-24(30(20)2)26(35)34-15-13-33(14-16-34)25-18-28-7-8-29-25/h3-8,17-18H,9-16,19H2,1-2H3. The van der Waals surface area contributed by atoms with Crippen LogP contribution in [0.25, 0.3) is 0 Å². The first-order chi connectivity index (χ1) is 17.0. The van der Waals surface area contributed by atoms with Crippen molar-refractivity contribution in [1.29, 1.82) is 0 Å². The van der Waals surface area contributed by atoms with E-state index in [9.17, 15) is 4.79 Å². The Morgan fingerprint density at radius 1 is 0.971 bits per heavy atom. The summed E-state index contributed by atoms with van der Waals surface area (Å²) in [6, 6.07) is 10.1. The fourth-order valence-corrected chi connectivity index (χ4v) is 5.23. The molecule has 0 bridgehead atoms. The van der Waals surface area contributed by atoms with E-state index >= 15 is 0 Å². The third-order valence-corrected chi connectivity index (χ3v) is 7.58. The van der Waals surface area contributed by atoms with Gasteiger partial charge in [-0.05, 0) is 30.7 Å². The van der Waals surface area contributed by atoms with Crippen LogP contribution in [0.5, 0.6) is 0 Å². The minimum Gasteiger partial charge on any atom is -0.368 e. The Kier molecular flexibility index (Phi) is 6.92. The topological polar surface area (TPSA) is 60.7 Å². The maximum absolute atomic E-state index is 13.4. The lowest BCUT2D eigenvalue weighted by Gasteiger charge is -2.36. The van der Waals surface area contributed by atoms with Gasteiger partial charge in [0.25, 0.3) is 5.91 Å². The first kappa shape index (κ1) is 23.6. The third-order valence-electron chi connectivity index (χ3n) is 7.26. The molecule has 0 saturated carbocycles. The lowest BCUT2D eigenvalue weighted by molar-refractivity contribution is 0.0736. The highest BCUT2D eigenvalue weighted by molar-refractivity contribution is 6.33. The lowest BCUT2D eigenvalue weighted by atomic mass is 10.2. The van der Waals surface area contributed by atoms with Crippen LogP contribution >= 0.6 is 11.6 Å². The van der Waals surface area contributed by atoms with E-state index in [2.05, 4.69) is 43.7 Å². The SMILES string of the molecule is Cc1c(CN2CCN(c3ccccc3Cl)CC2)cc(C(=O)N2CCN(c3cnccn3)CC2)n1C. The molecular formula is C26H32ClN7O. The minimum absolute atomic E-state index is 0.101. The summed E-state index contributed by atoms with van der Waals surface area (Å²) in [6.07, 6.45) is 5.16. The summed E-state index contributed by atoms with van der Waals surface area (Å²) in [7, 11) is 2.00. The van der Waals surface area contributed by atoms with Gasteiger partial charge in [0, 0.05) is 84.0 Å². The molecule has 2 fully saturated rings.